The van der Waals surface area contributed by atoms with Crippen LogP contribution in [0.15, 0.2) is 47.3 Å². The number of hydrogen-bond donors (Lipinski definition) is 0. The van der Waals surface area contributed by atoms with E-state index >= 15 is 0 Å². The molecule has 1 unspecified atom stereocenters. The van der Waals surface area contributed by atoms with Crippen LogP contribution >= 0.6 is 11.6 Å². The Hall–Kier alpha value is -2.73. The van der Waals surface area contributed by atoms with Gasteiger partial charge in [-0.1, -0.05) is 58.4 Å². The molecule has 0 spiro atoms. The van der Waals surface area contributed by atoms with Crippen molar-refractivity contribution in [2.24, 2.45) is 5.41 Å². The van der Waals surface area contributed by atoms with E-state index in [4.69, 9.17) is 16.6 Å². The van der Waals surface area contributed by atoms with Crippen molar-refractivity contribution in [3.8, 4) is 5.69 Å². The molecule has 0 aliphatic rings. The summed E-state index contributed by atoms with van der Waals surface area (Å²) in [6, 6.07) is 10.8. The maximum Gasteiger partial charge on any atom is 0.266 e. The minimum Gasteiger partial charge on any atom is -0.332 e. The van der Waals surface area contributed by atoms with Gasteiger partial charge in [0.1, 0.15) is 11.6 Å². The van der Waals surface area contributed by atoms with Gasteiger partial charge in [0.05, 0.1) is 27.7 Å². The molecule has 2 aromatic carbocycles. The number of carbonyl (C=O) groups excluding carboxylic acids is 1. The van der Waals surface area contributed by atoms with Crippen LogP contribution in [0, 0.1) is 11.2 Å². The van der Waals surface area contributed by atoms with Gasteiger partial charge in [0, 0.05) is 13.0 Å². The van der Waals surface area contributed by atoms with Crippen LogP contribution in [-0.2, 0) is 4.79 Å². The Bertz CT molecular complexity index is 1220. The van der Waals surface area contributed by atoms with Gasteiger partial charge in [-0.05, 0) is 48.6 Å². The van der Waals surface area contributed by atoms with Crippen LogP contribution in [0.4, 0.5) is 4.39 Å². The smallest absolute Gasteiger partial charge is 0.266 e. The summed E-state index contributed by atoms with van der Waals surface area (Å²) in [5, 5.41) is 0.361. The molecule has 0 aliphatic heterocycles. The lowest BCUT2D eigenvalue weighted by molar-refractivity contribution is -0.136. The fourth-order valence-corrected chi connectivity index (χ4v) is 4.21. The van der Waals surface area contributed by atoms with Crippen molar-refractivity contribution in [3.05, 3.63) is 69.5 Å². The fraction of sp³-hybridized carbons (Fsp3) is 0.423. The van der Waals surface area contributed by atoms with E-state index < -0.39 is 11.9 Å². The third-order valence-electron chi connectivity index (χ3n) is 5.49. The highest BCUT2D eigenvalue weighted by atomic mass is 35.5. The first kappa shape index (κ1) is 24.9. The minimum atomic E-state index is -0.566. The summed E-state index contributed by atoms with van der Waals surface area (Å²) in [6.45, 7) is 10.6. The monoisotopic (exact) mass is 471 g/mol. The molecule has 0 fully saturated rings. The number of hydrogen-bond acceptors (Lipinski definition) is 3. The predicted octanol–water partition coefficient (Wildman–Crippen LogP) is 6.30. The van der Waals surface area contributed by atoms with Crippen LogP contribution in [0.1, 0.15) is 65.7 Å². The van der Waals surface area contributed by atoms with Crippen LogP contribution in [-0.4, -0.2) is 26.9 Å². The molecule has 0 saturated carbocycles. The first-order valence-electron chi connectivity index (χ1n) is 11.3. The lowest BCUT2D eigenvalue weighted by Gasteiger charge is -2.34. The predicted molar refractivity (Wildman–Crippen MR) is 131 cm³/mol. The summed E-state index contributed by atoms with van der Waals surface area (Å²) in [5.41, 5.74) is 0.511. The second-order valence-electron chi connectivity index (χ2n) is 9.47. The number of fused-ring (bicyclic) bond motifs is 1. The van der Waals surface area contributed by atoms with Crippen molar-refractivity contribution >= 4 is 28.4 Å². The molecule has 5 nitrogen and oxygen atoms in total. The molecule has 0 radical (unpaired) electrons. The molecule has 3 rings (SSSR count). The van der Waals surface area contributed by atoms with E-state index in [2.05, 4.69) is 0 Å². The first-order valence-corrected chi connectivity index (χ1v) is 11.7. The molecule has 0 saturated heterocycles. The second kappa shape index (κ2) is 10.0. The summed E-state index contributed by atoms with van der Waals surface area (Å²) in [7, 11) is 0. The largest absolute Gasteiger partial charge is 0.332 e. The highest BCUT2D eigenvalue weighted by Gasteiger charge is 2.30. The van der Waals surface area contributed by atoms with Gasteiger partial charge in [-0.15, -0.1) is 0 Å². The summed E-state index contributed by atoms with van der Waals surface area (Å²) in [4.78, 5) is 33.7. The summed E-state index contributed by atoms with van der Waals surface area (Å²) in [6.07, 6.45) is 1.71. The third kappa shape index (κ3) is 5.44. The van der Waals surface area contributed by atoms with Gasteiger partial charge in [0.25, 0.3) is 5.56 Å². The Balaban J connectivity index is 2.28. The van der Waals surface area contributed by atoms with Crippen LogP contribution in [0.3, 0.4) is 0 Å². The van der Waals surface area contributed by atoms with E-state index in [1.165, 1.54) is 22.8 Å². The number of aromatic nitrogens is 2. The molecule has 1 atom stereocenters. The molecule has 7 heteroatoms. The summed E-state index contributed by atoms with van der Waals surface area (Å²) >= 11 is 6.06. The third-order valence-corrected chi connectivity index (χ3v) is 5.78. The van der Waals surface area contributed by atoms with Gasteiger partial charge in [0.2, 0.25) is 5.91 Å². The highest BCUT2D eigenvalue weighted by Crippen LogP contribution is 2.30. The maximum absolute atomic E-state index is 13.9. The lowest BCUT2D eigenvalue weighted by atomic mass is 9.91. The van der Waals surface area contributed by atoms with E-state index in [0.29, 0.717) is 41.8 Å². The zero-order chi connectivity index (χ0) is 24.3. The zero-order valence-corrected chi connectivity index (χ0v) is 20.6. The van der Waals surface area contributed by atoms with Crippen molar-refractivity contribution in [2.45, 2.75) is 59.9 Å². The molecule has 176 valence electrons. The van der Waals surface area contributed by atoms with E-state index in [-0.39, 0.29) is 21.9 Å². The van der Waals surface area contributed by atoms with Gasteiger partial charge in [-0.2, -0.15) is 0 Å². The quantitative estimate of drug-likeness (QED) is 0.406. The van der Waals surface area contributed by atoms with E-state index in [1.54, 1.807) is 18.2 Å². The van der Waals surface area contributed by atoms with Gasteiger partial charge < -0.3 is 4.90 Å². The summed E-state index contributed by atoms with van der Waals surface area (Å²) in [5.74, 6) is -0.106. The van der Waals surface area contributed by atoms with Gasteiger partial charge >= 0.3 is 0 Å². The molecule has 1 heterocycles. The van der Waals surface area contributed by atoms with E-state index in [9.17, 15) is 14.0 Å². The molecule has 1 aromatic heterocycles. The van der Waals surface area contributed by atoms with Crippen LogP contribution in [0.25, 0.3) is 16.6 Å². The molecule has 0 N–H and O–H groups in total. The van der Waals surface area contributed by atoms with Gasteiger partial charge in [-0.3, -0.25) is 14.2 Å². The molecule has 0 bridgehead atoms. The number of amides is 1. The standard InChI is InChI=1S/C26H31ClFN3O2/c1-6-14-30(23(32)16-26(3,4)5)22(7-2)24-29-21-11-9-8-10-18(21)25(33)31(24)17-12-13-20(28)19(27)15-17/h8-13,15,22H,6-7,14,16H2,1-5H3. The van der Waals surface area contributed by atoms with Crippen molar-refractivity contribution < 1.29 is 9.18 Å². The number of nitrogens with zero attached hydrogens (tertiary/aromatic N) is 3. The first-order chi connectivity index (χ1) is 15.6. The Morgan fingerprint density at radius 2 is 1.88 bits per heavy atom. The Morgan fingerprint density at radius 1 is 1.18 bits per heavy atom. The Kier molecular flexibility index (Phi) is 7.58. The molecule has 0 aliphatic carbocycles. The molecular formula is C26H31ClFN3O2. The lowest BCUT2D eigenvalue weighted by Crippen LogP contribution is -2.40. The van der Waals surface area contributed by atoms with Crippen LogP contribution in [0.5, 0.6) is 0 Å². The van der Waals surface area contributed by atoms with E-state index in [1.807, 2.05) is 45.6 Å². The Morgan fingerprint density at radius 3 is 2.48 bits per heavy atom. The van der Waals surface area contributed by atoms with Crippen molar-refractivity contribution in [3.63, 3.8) is 0 Å². The normalized spacial score (nSPS) is 12.7. The van der Waals surface area contributed by atoms with Crippen molar-refractivity contribution in [1.29, 1.82) is 0 Å². The number of halogens is 2. The molecular weight excluding hydrogens is 441 g/mol. The van der Waals surface area contributed by atoms with E-state index in [0.717, 1.165) is 6.42 Å². The number of carbonyl (C=O) groups is 1. The van der Waals surface area contributed by atoms with Crippen LogP contribution < -0.4 is 5.56 Å². The number of benzene rings is 2. The number of para-hydroxylation sites is 1. The Labute approximate surface area is 199 Å². The SMILES string of the molecule is CCCN(C(=O)CC(C)(C)C)C(CC)c1nc2ccccc2c(=O)n1-c1ccc(F)c(Cl)c1. The molecule has 33 heavy (non-hydrogen) atoms. The summed E-state index contributed by atoms with van der Waals surface area (Å²) < 4.78 is 15.4. The van der Waals surface area contributed by atoms with Gasteiger partial charge in [0.15, 0.2) is 0 Å². The van der Waals surface area contributed by atoms with Crippen molar-refractivity contribution in [1.82, 2.24) is 14.5 Å². The average Bonchev–Trinajstić information content (AvgIpc) is 2.75. The highest BCUT2D eigenvalue weighted by molar-refractivity contribution is 6.30. The van der Waals surface area contributed by atoms with Crippen molar-refractivity contribution in [2.75, 3.05) is 6.54 Å². The van der Waals surface area contributed by atoms with Crippen LogP contribution in [0.2, 0.25) is 5.02 Å². The average molecular weight is 472 g/mol. The maximum atomic E-state index is 13.9. The van der Waals surface area contributed by atoms with Gasteiger partial charge in [-0.25, -0.2) is 9.37 Å². The zero-order valence-electron chi connectivity index (χ0n) is 19.9. The molecule has 1 amide bonds. The minimum absolute atomic E-state index is 0.0160. The molecule has 3 aromatic rings. The topological polar surface area (TPSA) is 55.2 Å². The number of rotatable bonds is 7. The fourth-order valence-electron chi connectivity index (χ4n) is 4.04. The second-order valence-corrected chi connectivity index (χ2v) is 9.88.